The molecule has 0 heterocycles. The normalized spacial score (nSPS) is 8.27. The van der Waals surface area contributed by atoms with E-state index in [9.17, 15) is 14.4 Å². The van der Waals surface area contributed by atoms with E-state index in [1.807, 2.05) is 6.92 Å². The number of hydrogen-bond acceptors (Lipinski definition) is 5. The summed E-state index contributed by atoms with van der Waals surface area (Å²) in [5.74, 6) is -1.49. The van der Waals surface area contributed by atoms with Gasteiger partial charge >= 0.3 is 11.9 Å². The summed E-state index contributed by atoms with van der Waals surface area (Å²) in [4.78, 5) is 30.3. The number of ketones is 1. The van der Waals surface area contributed by atoms with Crippen molar-refractivity contribution in [3.63, 3.8) is 0 Å². The van der Waals surface area contributed by atoms with E-state index in [2.05, 4.69) is 9.47 Å². The molecule has 0 aliphatic heterocycles. The van der Waals surface area contributed by atoms with Gasteiger partial charge in [0.15, 0.2) is 0 Å². The van der Waals surface area contributed by atoms with E-state index in [4.69, 9.17) is 0 Å². The van der Waals surface area contributed by atoms with Crippen LogP contribution in [0, 0.1) is 0 Å². The van der Waals surface area contributed by atoms with Crippen LogP contribution < -0.4 is 0 Å². The summed E-state index contributed by atoms with van der Waals surface area (Å²) >= 11 is 0. The highest BCUT2D eigenvalue weighted by molar-refractivity contribution is 6.32. The van der Waals surface area contributed by atoms with Crippen molar-refractivity contribution in [1.82, 2.24) is 0 Å². The van der Waals surface area contributed by atoms with Crippen LogP contribution in [0.15, 0.2) is 0 Å². The van der Waals surface area contributed by atoms with Gasteiger partial charge in [-0.05, 0) is 13.3 Å². The van der Waals surface area contributed by atoms with Gasteiger partial charge in [-0.1, -0.05) is 6.92 Å². The van der Waals surface area contributed by atoms with Crippen molar-refractivity contribution in [3.05, 3.63) is 0 Å². The van der Waals surface area contributed by atoms with Gasteiger partial charge in [0.1, 0.15) is 0 Å². The molecule has 5 heteroatoms. The fourth-order valence-corrected chi connectivity index (χ4v) is 0.500. The monoisotopic (exact) mass is 218 g/mol. The number of carbonyl (C=O) groups is 3. The summed E-state index contributed by atoms with van der Waals surface area (Å²) in [6.07, 6.45) is 0.749. The van der Waals surface area contributed by atoms with E-state index >= 15 is 0 Å². The lowest BCUT2D eigenvalue weighted by Crippen LogP contribution is -2.13. The molecule has 0 amide bonds. The van der Waals surface area contributed by atoms with Crippen LogP contribution in [-0.4, -0.2) is 30.9 Å². The molecule has 0 aromatic heterocycles. The molecule has 0 fully saturated rings. The van der Waals surface area contributed by atoms with Crippen molar-refractivity contribution >= 4 is 17.7 Å². The number of hydrogen-bond donors (Lipinski definition) is 0. The van der Waals surface area contributed by atoms with E-state index in [0.29, 0.717) is 13.2 Å². The fraction of sp³-hybridized carbons (Fsp3) is 0.700. The third kappa shape index (κ3) is 15.4. The van der Waals surface area contributed by atoms with Crippen molar-refractivity contribution in [2.24, 2.45) is 0 Å². The van der Waals surface area contributed by atoms with Crippen LogP contribution in [0.1, 0.15) is 34.1 Å². The van der Waals surface area contributed by atoms with Gasteiger partial charge in [0.2, 0.25) is 5.78 Å². The van der Waals surface area contributed by atoms with E-state index in [1.165, 1.54) is 13.8 Å². The lowest BCUT2D eigenvalue weighted by molar-refractivity contribution is -0.152. The van der Waals surface area contributed by atoms with E-state index < -0.39 is 11.8 Å². The second kappa shape index (κ2) is 10.7. The van der Waals surface area contributed by atoms with Crippen LogP contribution in [0.4, 0.5) is 0 Å². The number of esters is 2. The molecule has 0 aromatic rings. The number of carbonyl (C=O) groups excluding carboxylic acids is 3. The highest BCUT2D eigenvalue weighted by Gasteiger charge is 2.06. The van der Waals surface area contributed by atoms with E-state index in [0.717, 1.165) is 6.42 Å². The van der Waals surface area contributed by atoms with Gasteiger partial charge in [-0.15, -0.1) is 0 Å². The minimum absolute atomic E-state index is 0.211. The molecule has 0 atom stereocenters. The lowest BCUT2D eigenvalue weighted by Gasteiger charge is -1.96. The van der Waals surface area contributed by atoms with Crippen molar-refractivity contribution in [2.45, 2.75) is 34.1 Å². The Labute approximate surface area is 89.7 Å². The van der Waals surface area contributed by atoms with Crippen LogP contribution in [0.25, 0.3) is 0 Å². The van der Waals surface area contributed by atoms with Gasteiger partial charge < -0.3 is 9.47 Å². The maximum absolute atomic E-state index is 10.3. The van der Waals surface area contributed by atoms with Gasteiger partial charge in [0, 0.05) is 13.8 Å². The van der Waals surface area contributed by atoms with Crippen molar-refractivity contribution in [1.29, 1.82) is 0 Å². The Morgan fingerprint density at radius 1 is 1.00 bits per heavy atom. The van der Waals surface area contributed by atoms with Crippen molar-refractivity contribution in [3.8, 4) is 0 Å². The van der Waals surface area contributed by atoms with Crippen LogP contribution in [-0.2, 0) is 23.9 Å². The van der Waals surface area contributed by atoms with Gasteiger partial charge in [-0.3, -0.25) is 9.59 Å². The zero-order chi connectivity index (χ0) is 12.3. The maximum atomic E-state index is 10.3. The van der Waals surface area contributed by atoms with Crippen LogP contribution in [0.5, 0.6) is 0 Å². The summed E-state index contributed by atoms with van der Waals surface area (Å²) in [6.45, 7) is 7.05. The Morgan fingerprint density at radius 2 is 1.53 bits per heavy atom. The fourth-order valence-electron chi connectivity index (χ4n) is 0.500. The molecular weight excluding hydrogens is 200 g/mol. The molecule has 0 aromatic carbocycles. The molecular formula is C10H18O5. The summed E-state index contributed by atoms with van der Waals surface area (Å²) in [5.41, 5.74) is 0. The second-order valence-corrected chi connectivity index (χ2v) is 2.62. The van der Waals surface area contributed by atoms with E-state index in [1.54, 1.807) is 6.92 Å². The maximum Gasteiger partial charge on any atom is 0.374 e. The molecule has 88 valence electrons. The third-order valence-corrected chi connectivity index (χ3v) is 1.07. The van der Waals surface area contributed by atoms with Gasteiger partial charge in [-0.2, -0.15) is 0 Å². The Balaban J connectivity index is 0. The van der Waals surface area contributed by atoms with Gasteiger partial charge in [-0.25, -0.2) is 4.79 Å². The molecule has 15 heavy (non-hydrogen) atoms. The number of Topliss-reactive ketones (excluding diaryl/α,β-unsaturated/α-hetero) is 1. The zero-order valence-electron chi connectivity index (χ0n) is 9.66. The van der Waals surface area contributed by atoms with E-state index in [-0.39, 0.29) is 5.97 Å². The summed E-state index contributed by atoms with van der Waals surface area (Å²) in [6, 6.07) is 0. The van der Waals surface area contributed by atoms with Crippen molar-refractivity contribution < 1.29 is 23.9 Å². The molecule has 0 radical (unpaired) electrons. The standard InChI is InChI=1S/C6H10O3.C4H8O2/c1-3-4-9-6(8)5(2)7;1-3-6-4(2)5/h3-4H2,1-2H3;3H2,1-2H3. The average Bonchev–Trinajstić information content (AvgIpc) is 2.14. The highest BCUT2D eigenvalue weighted by Crippen LogP contribution is 1.82. The predicted octanol–water partition coefficient (Wildman–Crippen LogP) is 1.10. The Hall–Kier alpha value is -1.39. The predicted molar refractivity (Wildman–Crippen MR) is 54.2 cm³/mol. The first kappa shape index (κ1) is 16.1. The molecule has 0 spiro atoms. The minimum Gasteiger partial charge on any atom is -0.466 e. The minimum atomic E-state index is -0.739. The smallest absolute Gasteiger partial charge is 0.374 e. The first-order valence-electron chi connectivity index (χ1n) is 4.76. The molecule has 5 nitrogen and oxygen atoms in total. The molecule has 0 N–H and O–H groups in total. The lowest BCUT2D eigenvalue weighted by atomic mass is 10.4. The molecule has 0 aliphatic rings. The summed E-state index contributed by atoms with van der Waals surface area (Å²) in [7, 11) is 0. The number of rotatable bonds is 4. The van der Waals surface area contributed by atoms with Crippen molar-refractivity contribution in [2.75, 3.05) is 13.2 Å². The third-order valence-electron chi connectivity index (χ3n) is 1.07. The summed E-state index contributed by atoms with van der Waals surface area (Å²) in [5, 5.41) is 0. The molecule has 0 aliphatic carbocycles. The molecule has 0 saturated carbocycles. The molecule has 0 rings (SSSR count). The van der Waals surface area contributed by atoms with Gasteiger partial charge in [0.05, 0.1) is 13.2 Å². The molecule has 0 saturated heterocycles. The Kier molecular flexibility index (Phi) is 11.4. The average molecular weight is 218 g/mol. The van der Waals surface area contributed by atoms with Crippen LogP contribution >= 0.6 is 0 Å². The Bertz CT molecular complexity index is 210. The molecule has 0 unspecified atom stereocenters. The summed E-state index contributed by atoms with van der Waals surface area (Å²) < 4.78 is 8.87. The topological polar surface area (TPSA) is 69.7 Å². The Morgan fingerprint density at radius 3 is 1.73 bits per heavy atom. The second-order valence-electron chi connectivity index (χ2n) is 2.62. The first-order valence-corrected chi connectivity index (χ1v) is 4.76. The highest BCUT2D eigenvalue weighted by atomic mass is 16.5. The van der Waals surface area contributed by atoms with Crippen LogP contribution in [0.2, 0.25) is 0 Å². The zero-order valence-corrected chi connectivity index (χ0v) is 9.66. The number of ether oxygens (including phenoxy) is 2. The van der Waals surface area contributed by atoms with Crippen LogP contribution in [0.3, 0.4) is 0 Å². The van der Waals surface area contributed by atoms with Gasteiger partial charge in [0.25, 0.3) is 0 Å². The SMILES string of the molecule is CCCOC(=O)C(C)=O.CCOC(C)=O. The largest absolute Gasteiger partial charge is 0.466 e. The quantitative estimate of drug-likeness (QED) is 0.522. The molecule has 0 bridgehead atoms. The first-order chi connectivity index (χ1) is 6.95.